The standard InChI is InChI=1S/C21H19ClN2O3/c1-27-17-9-7-14(8-10-17)18-19(23-11-2-3-12-23)21(26)24(20(18)25)16-6-4-5-15(22)13-16/h4-10,13H,2-3,11-12H2,1H3. The van der Waals surface area contributed by atoms with Crippen molar-refractivity contribution in [3.8, 4) is 5.75 Å². The Morgan fingerprint density at radius 3 is 2.30 bits per heavy atom. The first-order chi connectivity index (χ1) is 13.1. The molecular weight excluding hydrogens is 364 g/mol. The Bertz CT molecular complexity index is 931. The van der Waals surface area contributed by atoms with E-state index < -0.39 is 0 Å². The number of methoxy groups -OCH3 is 1. The second-order valence-corrected chi connectivity index (χ2v) is 7.01. The van der Waals surface area contributed by atoms with E-state index in [1.54, 1.807) is 43.5 Å². The summed E-state index contributed by atoms with van der Waals surface area (Å²) in [6.07, 6.45) is 2.02. The molecule has 0 bridgehead atoms. The Morgan fingerprint density at radius 2 is 1.67 bits per heavy atom. The Balaban J connectivity index is 1.82. The summed E-state index contributed by atoms with van der Waals surface area (Å²) in [7, 11) is 1.59. The van der Waals surface area contributed by atoms with Gasteiger partial charge in [0.25, 0.3) is 11.8 Å². The summed E-state index contributed by atoms with van der Waals surface area (Å²) >= 11 is 6.08. The van der Waals surface area contributed by atoms with Gasteiger partial charge in [0.05, 0.1) is 18.4 Å². The lowest BCUT2D eigenvalue weighted by Gasteiger charge is -2.20. The lowest BCUT2D eigenvalue weighted by Crippen LogP contribution is -2.34. The number of ether oxygens (including phenoxy) is 1. The lowest BCUT2D eigenvalue weighted by molar-refractivity contribution is -0.120. The first kappa shape index (κ1) is 17.6. The first-order valence-corrected chi connectivity index (χ1v) is 9.26. The van der Waals surface area contributed by atoms with Crippen molar-refractivity contribution in [2.75, 3.05) is 25.1 Å². The summed E-state index contributed by atoms with van der Waals surface area (Å²) < 4.78 is 5.21. The third-order valence-electron chi connectivity index (χ3n) is 4.93. The van der Waals surface area contributed by atoms with Crippen molar-refractivity contribution in [1.82, 2.24) is 4.90 Å². The van der Waals surface area contributed by atoms with Gasteiger partial charge in [0.1, 0.15) is 11.4 Å². The molecule has 0 aliphatic carbocycles. The molecule has 0 saturated carbocycles. The fraction of sp³-hybridized carbons (Fsp3) is 0.238. The highest BCUT2D eigenvalue weighted by Crippen LogP contribution is 2.37. The molecule has 1 saturated heterocycles. The number of amides is 2. The van der Waals surface area contributed by atoms with Crippen molar-refractivity contribution in [2.24, 2.45) is 0 Å². The van der Waals surface area contributed by atoms with Crippen LogP contribution in [0.3, 0.4) is 0 Å². The molecule has 2 heterocycles. The van der Waals surface area contributed by atoms with Crippen molar-refractivity contribution >= 4 is 34.7 Å². The second kappa shape index (κ2) is 7.08. The number of anilines is 1. The third kappa shape index (κ3) is 3.08. The molecule has 2 aromatic carbocycles. The van der Waals surface area contributed by atoms with Gasteiger partial charge in [-0.15, -0.1) is 0 Å². The Kier molecular flexibility index (Phi) is 4.62. The highest BCUT2D eigenvalue weighted by Gasteiger charge is 2.42. The Hall–Kier alpha value is -2.79. The minimum atomic E-state index is -0.325. The molecule has 0 radical (unpaired) electrons. The molecule has 1 fully saturated rings. The van der Waals surface area contributed by atoms with Crippen LogP contribution in [-0.4, -0.2) is 36.9 Å². The van der Waals surface area contributed by atoms with E-state index in [0.717, 1.165) is 25.9 Å². The maximum Gasteiger partial charge on any atom is 0.282 e. The molecular formula is C21H19ClN2O3. The molecule has 0 unspecified atom stereocenters. The van der Waals surface area contributed by atoms with Crippen molar-refractivity contribution in [2.45, 2.75) is 12.8 Å². The minimum absolute atomic E-state index is 0.296. The molecule has 138 valence electrons. The minimum Gasteiger partial charge on any atom is -0.497 e. The number of rotatable bonds is 4. The van der Waals surface area contributed by atoms with Crippen LogP contribution < -0.4 is 9.64 Å². The number of benzene rings is 2. The molecule has 4 rings (SSSR count). The van der Waals surface area contributed by atoms with Gasteiger partial charge in [-0.3, -0.25) is 9.59 Å². The van der Waals surface area contributed by atoms with Gasteiger partial charge in [0.2, 0.25) is 0 Å². The zero-order valence-corrected chi connectivity index (χ0v) is 15.7. The normalized spacial score (nSPS) is 17.3. The quantitative estimate of drug-likeness (QED) is 0.756. The van der Waals surface area contributed by atoms with Crippen molar-refractivity contribution in [3.05, 3.63) is 64.8 Å². The number of hydrogen-bond acceptors (Lipinski definition) is 4. The average Bonchev–Trinajstić information content (AvgIpc) is 3.28. The first-order valence-electron chi connectivity index (χ1n) is 8.88. The highest BCUT2D eigenvalue weighted by atomic mass is 35.5. The number of imide groups is 1. The predicted octanol–water partition coefficient (Wildman–Crippen LogP) is 3.73. The molecule has 6 heteroatoms. The topological polar surface area (TPSA) is 49.9 Å². The Labute approximate surface area is 162 Å². The predicted molar refractivity (Wildman–Crippen MR) is 105 cm³/mol. The summed E-state index contributed by atoms with van der Waals surface area (Å²) in [6, 6.07) is 14.0. The van der Waals surface area contributed by atoms with Crippen molar-refractivity contribution in [1.29, 1.82) is 0 Å². The van der Waals surface area contributed by atoms with Crippen LogP contribution in [0.25, 0.3) is 5.57 Å². The van der Waals surface area contributed by atoms with Gasteiger partial charge in [-0.25, -0.2) is 4.90 Å². The molecule has 5 nitrogen and oxygen atoms in total. The zero-order chi connectivity index (χ0) is 19.0. The summed E-state index contributed by atoms with van der Waals surface area (Å²) in [5, 5.41) is 0.480. The van der Waals surface area contributed by atoms with Crippen LogP contribution >= 0.6 is 11.6 Å². The van der Waals surface area contributed by atoms with Gasteiger partial charge in [-0.2, -0.15) is 0 Å². The summed E-state index contributed by atoms with van der Waals surface area (Å²) in [5.74, 6) is 0.0786. The van der Waals surface area contributed by atoms with Gasteiger partial charge in [0.15, 0.2) is 0 Å². The van der Waals surface area contributed by atoms with Gasteiger partial charge >= 0.3 is 0 Å². The molecule has 27 heavy (non-hydrogen) atoms. The monoisotopic (exact) mass is 382 g/mol. The second-order valence-electron chi connectivity index (χ2n) is 6.57. The van der Waals surface area contributed by atoms with Crippen LogP contribution in [0.15, 0.2) is 54.2 Å². The van der Waals surface area contributed by atoms with Gasteiger partial charge in [-0.05, 0) is 48.7 Å². The number of carbonyl (C=O) groups excluding carboxylic acids is 2. The summed E-state index contributed by atoms with van der Waals surface area (Å²) in [4.78, 5) is 29.8. The van der Waals surface area contributed by atoms with E-state index in [4.69, 9.17) is 16.3 Å². The van der Waals surface area contributed by atoms with E-state index in [1.807, 2.05) is 17.0 Å². The SMILES string of the molecule is COc1ccc(C2=C(N3CCCC3)C(=O)N(c3cccc(Cl)c3)C2=O)cc1. The molecule has 2 aliphatic rings. The van der Waals surface area contributed by atoms with E-state index in [-0.39, 0.29) is 11.8 Å². The summed E-state index contributed by atoms with van der Waals surface area (Å²) in [6.45, 7) is 1.55. The molecule has 2 aromatic rings. The van der Waals surface area contributed by atoms with Gasteiger partial charge < -0.3 is 9.64 Å². The maximum absolute atomic E-state index is 13.3. The summed E-state index contributed by atoms with van der Waals surface area (Å²) in [5.41, 5.74) is 2.10. The van der Waals surface area contributed by atoms with Crippen LogP contribution in [0.2, 0.25) is 5.02 Å². The maximum atomic E-state index is 13.3. The van der Waals surface area contributed by atoms with Crippen LogP contribution in [0.1, 0.15) is 18.4 Å². The number of carbonyl (C=O) groups is 2. The van der Waals surface area contributed by atoms with E-state index in [9.17, 15) is 9.59 Å². The number of hydrogen-bond donors (Lipinski definition) is 0. The van der Waals surface area contributed by atoms with Crippen LogP contribution in [0, 0.1) is 0 Å². The molecule has 0 atom stereocenters. The third-order valence-corrected chi connectivity index (χ3v) is 5.16. The van der Waals surface area contributed by atoms with E-state index >= 15 is 0 Å². The van der Waals surface area contributed by atoms with E-state index in [0.29, 0.717) is 33.3 Å². The van der Waals surface area contributed by atoms with E-state index in [1.165, 1.54) is 4.90 Å². The van der Waals surface area contributed by atoms with Crippen molar-refractivity contribution < 1.29 is 14.3 Å². The van der Waals surface area contributed by atoms with Gasteiger partial charge in [0, 0.05) is 18.1 Å². The van der Waals surface area contributed by atoms with Gasteiger partial charge in [-0.1, -0.05) is 29.8 Å². The number of halogens is 1. The van der Waals surface area contributed by atoms with E-state index in [2.05, 4.69) is 0 Å². The highest BCUT2D eigenvalue weighted by molar-refractivity contribution is 6.45. The molecule has 0 N–H and O–H groups in total. The zero-order valence-electron chi connectivity index (χ0n) is 14.9. The lowest BCUT2D eigenvalue weighted by atomic mass is 10.0. The number of likely N-dealkylation sites (tertiary alicyclic amines) is 1. The van der Waals surface area contributed by atoms with Crippen LogP contribution in [-0.2, 0) is 9.59 Å². The van der Waals surface area contributed by atoms with Crippen LogP contribution in [0.5, 0.6) is 5.75 Å². The number of nitrogens with zero attached hydrogens (tertiary/aromatic N) is 2. The molecule has 2 aliphatic heterocycles. The smallest absolute Gasteiger partial charge is 0.282 e. The Morgan fingerprint density at radius 1 is 0.963 bits per heavy atom. The average molecular weight is 383 g/mol. The molecule has 2 amide bonds. The largest absolute Gasteiger partial charge is 0.497 e. The fourth-order valence-corrected chi connectivity index (χ4v) is 3.80. The van der Waals surface area contributed by atoms with Crippen LogP contribution in [0.4, 0.5) is 5.69 Å². The van der Waals surface area contributed by atoms with Crippen molar-refractivity contribution in [3.63, 3.8) is 0 Å². The fourth-order valence-electron chi connectivity index (χ4n) is 3.62. The molecule has 0 spiro atoms. The molecule has 0 aromatic heterocycles.